The molecule has 7 nitrogen and oxygen atoms in total. The first-order valence-electron chi connectivity index (χ1n) is 7.52. The minimum atomic E-state index is -4.44. The van der Waals surface area contributed by atoms with Crippen LogP contribution in [0, 0.1) is 0 Å². The van der Waals surface area contributed by atoms with Crippen molar-refractivity contribution in [2.24, 2.45) is 0 Å². The Morgan fingerprint density at radius 1 is 1.19 bits per heavy atom. The van der Waals surface area contributed by atoms with Crippen LogP contribution in [0.25, 0.3) is 22.6 Å². The molecule has 0 aliphatic rings. The highest BCUT2D eigenvalue weighted by Crippen LogP contribution is 2.29. The maximum absolute atomic E-state index is 12.9. The van der Waals surface area contributed by atoms with Crippen LogP contribution in [0.5, 0.6) is 0 Å². The molecule has 0 spiro atoms. The smallest absolute Gasteiger partial charge is 0.289 e. The summed E-state index contributed by atoms with van der Waals surface area (Å²) in [6.07, 6.45) is 0.227. The lowest BCUT2D eigenvalue weighted by Gasteiger charge is -2.09. The first kappa shape index (κ1) is 16.1. The third kappa shape index (κ3) is 2.85. The van der Waals surface area contributed by atoms with E-state index >= 15 is 0 Å². The molecule has 3 heterocycles. The number of hydrogen-bond donors (Lipinski definition) is 2. The summed E-state index contributed by atoms with van der Waals surface area (Å²) in [6, 6.07) is 4.82. The molecule has 2 N–H and O–H groups in total. The van der Waals surface area contributed by atoms with Crippen LogP contribution in [0.4, 0.5) is 13.2 Å². The van der Waals surface area contributed by atoms with E-state index in [1.807, 2.05) is 0 Å². The molecule has 0 amide bonds. The topological polar surface area (TPSA) is 92.2 Å². The Morgan fingerprint density at radius 2 is 2.04 bits per heavy atom. The van der Waals surface area contributed by atoms with E-state index in [9.17, 15) is 18.0 Å². The summed E-state index contributed by atoms with van der Waals surface area (Å²) in [6.45, 7) is -0.0531. The predicted octanol–water partition coefficient (Wildman–Crippen LogP) is 2.58. The normalized spacial score (nSPS) is 12.0. The number of aromatic amines is 2. The first-order valence-corrected chi connectivity index (χ1v) is 7.52. The van der Waals surface area contributed by atoms with Crippen molar-refractivity contribution in [2.45, 2.75) is 12.7 Å². The van der Waals surface area contributed by atoms with E-state index in [-0.39, 0.29) is 17.8 Å². The average molecular weight is 360 g/mol. The number of nitrogens with zero attached hydrogens (tertiary/aromatic N) is 4. The van der Waals surface area contributed by atoms with Crippen molar-refractivity contribution in [1.82, 2.24) is 29.7 Å². The second-order valence-electron chi connectivity index (χ2n) is 5.63. The molecule has 26 heavy (non-hydrogen) atoms. The number of alkyl halides is 3. The SMILES string of the molecule is O=c1[nH]c2nc(-c3cn[nH]c3)cnc2n1Cc1cccc(C(F)(F)F)c1. The number of fused-ring (bicyclic) bond motifs is 1. The summed E-state index contributed by atoms with van der Waals surface area (Å²) in [7, 11) is 0. The Kier molecular flexibility index (Phi) is 3.60. The summed E-state index contributed by atoms with van der Waals surface area (Å²) in [4.78, 5) is 23.3. The molecular formula is C16H11F3N6O. The van der Waals surface area contributed by atoms with Gasteiger partial charge in [0.1, 0.15) is 0 Å². The van der Waals surface area contributed by atoms with E-state index in [1.54, 1.807) is 12.4 Å². The molecule has 1 aromatic carbocycles. The Labute approximate surface area is 143 Å². The summed E-state index contributed by atoms with van der Waals surface area (Å²) >= 11 is 0. The number of nitrogens with one attached hydrogen (secondary N) is 2. The van der Waals surface area contributed by atoms with Gasteiger partial charge < -0.3 is 0 Å². The van der Waals surface area contributed by atoms with Gasteiger partial charge in [-0.1, -0.05) is 12.1 Å². The lowest BCUT2D eigenvalue weighted by Crippen LogP contribution is -2.18. The van der Waals surface area contributed by atoms with Crippen LogP contribution >= 0.6 is 0 Å². The number of imidazole rings is 1. The standard InChI is InChI=1S/C16H11F3N6O/c17-16(18,19)11-3-1-2-9(4-11)8-25-14-13(24-15(25)26)23-12(7-20-14)10-5-21-22-6-10/h1-7H,8H2,(H,21,22)(H,23,24,26). The van der Waals surface area contributed by atoms with Crippen molar-refractivity contribution >= 4 is 11.3 Å². The zero-order valence-electron chi connectivity index (χ0n) is 13.1. The highest BCUT2D eigenvalue weighted by Gasteiger charge is 2.30. The zero-order valence-corrected chi connectivity index (χ0v) is 13.1. The maximum Gasteiger partial charge on any atom is 0.416 e. The Morgan fingerprint density at radius 3 is 2.77 bits per heavy atom. The van der Waals surface area contributed by atoms with Crippen molar-refractivity contribution < 1.29 is 13.2 Å². The van der Waals surface area contributed by atoms with Crippen LogP contribution in [0.2, 0.25) is 0 Å². The van der Waals surface area contributed by atoms with Gasteiger partial charge in [0.2, 0.25) is 0 Å². The fourth-order valence-corrected chi connectivity index (χ4v) is 2.63. The van der Waals surface area contributed by atoms with Crippen molar-refractivity contribution in [2.75, 3.05) is 0 Å². The number of rotatable bonds is 3. The van der Waals surface area contributed by atoms with E-state index in [2.05, 4.69) is 25.1 Å². The Hall–Kier alpha value is -3.43. The number of aromatic nitrogens is 6. The van der Waals surface area contributed by atoms with E-state index in [0.717, 1.165) is 12.1 Å². The van der Waals surface area contributed by atoms with Crippen LogP contribution in [-0.4, -0.2) is 29.7 Å². The third-order valence-corrected chi connectivity index (χ3v) is 3.87. The van der Waals surface area contributed by atoms with Gasteiger partial charge in [-0.2, -0.15) is 18.3 Å². The lowest BCUT2D eigenvalue weighted by molar-refractivity contribution is -0.137. The van der Waals surface area contributed by atoms with Gasteiger partial charge in [-0.05, 0) is 17.7 Å². The molecule has 0 saturated heterocycles. The largest absolute Gasteiger partial charge is 0.416 e. The highest BCUT2D eigenvalue weighted by atomic mass is 19.4. The second-order valence-corrected chi connectivity index (χ2v) is 5.63. The number of benzene rings is 1. The van der Waals surface area contributed by atoms with Crippen LogP contribution in [0.15, 0.2) is 47.7 Å². The van der Waals surface area contributed by atoms with Gasteiger partial charge in [0.05, 0.1) is 30.2 Å². The molecule has 0 saturated carbocycles. The second kappa shape index (κ2) is 5.83. The van der Waals surface area contributed by atoms with Crippen molar-refractivity contribution in [1.29, 1.82) is 0 Å². The summed E-state index contributed by atoms with van der Waals surface area (Å²) in [5.41, 5.74) is 0.798. The molecule has 0 aliphatic heterocycles. The van der Waals surface area contributed by atoms with Crippen molar-refractivity contribution in [3.63, 3.8) is 0 Å². The molecule has 3 aromatic heterocycles. The molecule has 4 rings (SSSR count). The molecular weight excluding hydrogens is 349 g/mol. The van der Waals surface area contributed by atoms with Gasteiger partial charge >= 0.3 is 11.9 Å². The molecule has 132 valence electrons. The molecule has 0 atom stereocenters. The minimum Gasteiger partial charge on any atom is -0.289 e. The number of halogens is 3. The van der Waals surface area contributed by atoms with Crippen LogP contribution in [0.1, 0.15) is 11.1 Å². The quantitative estimate of drug-likeness (QED) is 0.587. The van der Waals surface area contributed by atoms with Gasteiger partial charge in [-0.15, -0.1) is 0 Å². The molecule has 0 fully saturated rings. The summed E-state index contributed by atoms with van der Waals surface area (Å²) in [5, 5.41) is 6.48. The summed E-state index contributed by atoms with van der Waals surface area (Å²) < 4.78 is 39.8. The fraction of sp³-hybridized carbons (Fsp3) is 0.125. The first-order chi connectivity index (χ1) is 12.4. The van der Waals surface area contributed by atoms with Gasteiger partial charge in [0, 0.05) is 11.8 Å². The molecule has 0 radical (unpaired) electrons. The minimum absolute atomic E-state index is 0.0531. The molecule has 0 bridgehead atoms. The fourth-order valence-electron chi connectivity index (χ4n) is 2.63. The number of H-pyrrole nitrogens is 2. The molecule has 10 heteroatoms. The van der Waals surface area contributed by atoms with E-state index in [1.165, 1.54) is 22.9 Å². The maximum atomic E-state index is 12.9. The number of hydrogen-bond acceptors (Lipinski definition) is 4. The van der Waals surface area contributed by atoms with E-state index in [4.69, 9.17) is 0 Å². The van der Waals surface area contributed by atoms with Crippen molar-refractivity contribution in [3.05, 3.63) is 64.5 Å². The van der Waals surface area contributed by atoms with E-state index in [0.29, 0.717) is 16.8 Å². The van der Waals surface area contributed by atoms with Gasteiger partial charge in [0.25, 0.3) is 0 Å². The van der Waals surface area contributed by atoms with Gasteiger partial charge in [0.15, 0.2) is 11.3 Å². The summed E-state index contributed by atoms with van der Waals surface area (Å²) in [5.74, 6) is 0. The third-order valence-electron chi connectivity index (χ3n) is 3.87. The Bertz CT molecular complexity index is 1130. The molecule has 4 aromatic rings. The Balaban J connectivity index is 1.73. The van der Waals surface area contributed by atoms with Crippen molar-refractivity contribution in [3.8, 4) is 11.3 Å². The lowest BCUT2D eigenvalue weighted by atomic mass is 10.1. The molecule has 0 aliphatic carbocycles. The zero-order chi connectivity index (χ0) is 18.3. The molecule has 0 unspecified atom stereocenters. The van der Waals surface area contributed by atoms with Crippen LogP contribution < -0.4 is 5.69 Å². The monoisotopic (exact) mass is 360 g/mol. The van der Waals surface area contributed by atoms with Gasteiger partial charge in [-0.25, -0.2) is 14.8 Å². The predicted molar refractivity (Wildman–Crippen MR) is 86.3 cm³/mol. The van der Waals surface area contributed by atoms with Gasteiger partial charge in [-0.3, -0.25) is 14.6 Å². The highest BCUT2D eigenvalue weighted by molar-refractivity contribution is 5.70. The van der Waals surface area contributed by atoms with E-state index < -0.39 is 17.4 Å². The van der Waals surface area contributed by atoms with Crippen LogP contribution in [0.3, 0.4) is 0 Å². The van der Waals surface area contributed by atoms with Crippen LogP contribution in [-0.2, 0) is 12.7 Å². The average Bonchev–Trinajstić information content (AvgIpc) is 3.23.